The molecule has 0 aromatic heterocycles. The Bertz CT molecular complexity index is 1300. The van der Waals surface area contributed by atoms with E-state index in [0.29, 0.717) is 39.0 Å². The molecule has 1 aliphatic heterocycles. The zero-order valence-corrected chi connectivity index (χ0v) is 20.2. The van der Waals surface area contributed by atoms with Gasteiger partial charge >= 0.3 is 0 Å². The van der Waals surface area contributed by atoms with Gasteiger partial charge in [-0.05, 0) is 41.8 Å². The van der Waals surface area contributed by atoms with E-state index in [9.17, 15) is 14.3 Å². The van der Waals surface area contributed by atoms with E-state index < -0.39 is 29.0 Å². The van der Waals surface area contributed by atoms with Gasteiger partial charge in [0, 0.05) is 30.0 Å². The number of hydrogen-bond donors (Lipinski definition) is 2. The van der Waals surface area contributed by atoms with Gasteiger partial charge in [-0.15, -0.1) is 0 Å². The smallest absolute Gasteiger partial charge is 0.217 e. The first-order valence-electron chi connectivity index (χ1n) is 11.2. The van der Waals surface area contributed by atoms with Crippen LogP contribution >= 0.6 is 11.6 Å². The van der Waals surface area contributed by atoms with Crippen LogP contribution in [0.1, 0.15) is 36.0 Å². The zero-order valence-electron chi connectivity index (χ0n) is 19.5. The molecule has 1 heterocycles. The first-order chi connectivity index (χ1) is 16.7. The number of carbonyl (C=O) groups is 1. The number of rotatable bonds is 5. The number of ether oxygens (including phenoxy) is 3. The van der Waals surface area contributed by atoms with E-state index in [-0.39, 0.29) is 12.3 Å². The molecule has 3 aromatic rings. The van der Waals surface area contributed by atoms with E-state index in [1.807, 2.05) is 0 Å². The molecule has 182 valence electrons. The fourth-order valence-corrected chi connectivity index (χ4v) is 5.89. The van der Waals surface area contributed by atoms with E-state index in [2.05, 4.69) is 5.32 Å². The third kappa shape index (κ3) is 3.37. The number of aliphatic hydroxyl groups is 1. The molecule has 0 spiro atoms. The lowest BCUT2D eigenvalue weighted by atomic mass is 9.71. The molecule has 35 heavy (non-hydrogen) atoms. The standard InChI is InChI=1S/C27H25ClFNO5/c1-15(31)30-24-14-21(16-5-4-6-19(29)11-16)27(17-7-9-18(28)10-8-17)26(24,32)25-22(34-3)12-20(33-2)13-23(25)35-27/h4-13,21,24,32H,14H2,1-3H3,(H,30,31). The molecule has 1 amide bonds. The van der Waals surface area contributed by atoms with Gasteiger partial charge in [-0.3, -0.25) is 4.79 Å². The van der Waals surface area contributed by atoms with Gasteiger partial charge < -0.3 is 24.6 Å². The Kier molecular flexibility index (Phi) is 5.65. The lowest BCUT2D eigenvalue weighted by Crippen LogP contribution is -2.56. The molecule has 1 saturated carbocycles. The summed E-state index contributed by atoms with van der Waals surface area (Å²) in [5, 5.41) is 16.2. The van der Waals surface area contributed by atoms with Crippen LogP contribution in [0.25, 0.3) is 0 Å². The van der Waals surface area contributed by atoms with Crippen molar-refractivity contribution in [2.75, 3.05) is 14.2 Å². The van der Waals surface area contributed by atoms with Gasteiger partial charge in [0.25, 0.3) is 0 Å². The maximum Gasteiger partial charge on any atom is 0.217 e. The van der Waals surface area contributed by atoms with Gasteiger partial charge in [0.1, 0.15) is 23.1 Å². The molecule has 0 saturated heterocycles. The van der Waals surface area contributed by atoms with Gasteiger partial charge in [0.15, 0.2) is 11.2 Å². The molecule has 1 aliphatic carbocycles. The van der Waals surface area contributed by atoms with Crippen LogP contribution in [0.5, 0.6) is 17.2 Å². The Balaban J connectivity index is 1.85. The molecular weight excluding hydrogens is 473 g/mol. The van der Waals surface area contributed by atoms with Crippen LogP contribution in [0, 0.1) is 5.82 Å². The van der Waals surface area contributed by atoms with Gasteiger partial charge in [-0.25, -0.2) is 4.39 Å². The van der Waals surface area contributed by atoms with E-state index in [1.165, 1.54) is 33.3 Å². The highest BCUT2D eigenvalue weighted by Gasteiger charge is 2.73. The minimum absolute atomic E-state index is 0.288. The Hall–Kier alpha value is -3.29. The second-order valence-electron chi connectivity index (χ2n) is 8.91. The zero-order chi connectivity index (χ0) is 25.0. The predicted molar refractivity (Wildman–Crippen MR) is 129 cm³/mol. The van der Waals surface area contributed by atoms with Crippen LogP contribution in [0.4, 0.5) is 4.39 Å². The fraction of sp³-hybridized carbons (Fsp3) is 0.296. The molecule has 6 nitrogen and oxygen atoms in total. The van der Waals surface area contributed by atoms with Crippen molar-refractivity contribution < 1.29 is 28.5 Å². The summed E-state index contributed by atoms with van der Waals surface area (Å²) in [6, 6.07) is 15.8. The van der Waals surface area contributed by atoms with E-state index in [0.717, 1.165) is 0 Å². The van der Waals surface area contributed by atoms with Crippen LogP contribution < -0.4 is 19.5 Å². The number of nitrogens with one attached hydrogen (secondary N) is 1. The predicted octanol–water partition coefficient (Wildman–Crippen LogP) is 4.66. The second-order valence-corrected chi connectivity index (χ2v) is 9.35. The Morgan fingerprint density at radius 1 is 1.14 bits per heavy atom. The minimum Gasteiger partial charge on any atom is -0.496 e. The van der Waals surface area contributed by atoms with E-state index >= 15 is 0 Å². The molecule has 5 rings (SSSR count). The molecule has 0 radical (unpaired) electrons. The van der Waals surface area contributed by atoms with Crippen molar-refractivity contribution in [1.29, 1.82) is 0 Å². The van der Waals surface area contributed by atoms with Crippen molar-refractivity contribution in [2.24, 2.45) is 0 Å². The number of carbonyl (C=O) groups excluding carboxylic acids is 1. The summed E-state index contributed by atoms with van der Waals surface area (Å²) in [5.74, 6) is -0.0644. The lowest BCUT2D eigenvalue weighted by molar-refractivity contribution is -0.131. The van der Waals surface area contributed by atoms with E-state index in [1.54, 1.807) is 48.5 Å². The van der Waals surface area contributed by atoms with Crippen LogP contribution in [0.15, 0.2) is 60.7 Å². The van der Waals surface area contributed by atoms with Crippen LogP contribution in [-0.4, -0.2) is 31.3 Å². The van der Waals surface area contributed by atoms with Crippen LogP contribution in [-0.2, 0) is 16.0 Å². The largest absolute Gasteiger partial charge is 0.496 e. The summed E-state index contributed by atoms with van der Waals surface area (Å²) in [6.45, 7) is 1.39. The maximum atomic E-state index is 14.4. The Morgan fingerprint density at radius 2 is 1.89 bits per heavy atom. The van der Waals surface area contributed by atoms with Crippen molar-refractivity contribution in [2.45, 2.75) is 36.5 Å². The quantitative estimate of drug-likeness (QED) is 0.536. The van der Waals surface area contributed by atoms with Crippen molar-refractivity contribution in [1.82, 2.24) is 5.32 Å². The average molecular weight is 498 g/mol. The van der Waals surface area contributed by atoms with Crippen molar-refractivity contribution in [3.63, 3.8) is 0 Å². The number of fused-ring (bicyclic) bond motifs is 3. The van der Waals surface area contributed by atoms with Crippen LogP contribution in [0.3, 0.4) is 0 Å². The SMILES string of the molecule is COc1cc(OC)c2c(c1)OC1(c3ccc(Cl)cc3)C(c3cccc(F)c3)CC(NC(C)=O)C21O. The highest BCUT2D eigenvalue weighted by Crippen LogP contribution is 2.68. The number of methoxy groups -OCH3 is 2. The summed E-state index contributed by atoms with van der Waals surface area (Å²) >= 11 is 6.20. The Morgan fingerprint density at radius 3 is 2.51 bits per heavy atom. The van der Waals surface area contributed by atoms with Gasteiger partial charge in [-0.1, -0.05) is 35.9 Å². The highest BCUT2D eigenvalue weighted by atomic mass is 35.5. The fourth-order valence-electron chi connectivity index (χ4n) is 5.76. The van der Waals surface area contributed by atoms with Crippen molar-refractivity contribution in [3.8, 4) is 17.2 Å². The topological polar surface area (TPSA) is 77.0 Å². The maximum absolute atomic E-state index is 14.4. The highest BCUT2D eigenvalue weighted by molar-refractivity contribution is 6.30. The molecule has 0 bridgehead atoms. The van der Waals surface area contributed by atoms with Crippen molar-refractivity contribution >= 4 is 17.5 Å². The second kappa shape index (κ2) is 8.43. The summed E-state index contributed by atoms with van der Waals surface area (Å²) in [5.41, 5.74) is -1.54. The number of amides is 1. The minimum atomic E-state index is -1.77. The first-order valence-corrected chi connectivity index (χ1v) is 11.6. The molecule has 4 unspecified atom stereocenters. The first kappa shape index (κ1) is 23.5. The van der Waals surface area contributed by atoms with Gasteiger partial charge in [-0.2, -0.15) is 0 Å². The number of halogens is 2. The van der Waals surface area contributed by atoms with Crippen molar-refractivity contribution in [3.05, 3.63) is 88.2 Å². The molecule has 4 atom stereocenters. The molecule has 2 aliphatic rings. The summed E-state index contributed by atoms with van der Waals surface area (Å²) in [4.78, 5) is 12.3. The Labute approximate surface area is 207 Å². The summed E-state index contributed by atoms with van der Waals surface area (Å²) in [6.07, 6.45) is 0.288. The van der Waals surface area contributed by atoms with Crippen LogP contribution in [0.2, 0.25) is 5.02 Å². The van der Waals surface area contributed by atoms with Gasteiger partial charge in [0.2, 0.25) is 5.91 Å². The average Bonchev–Trinajstić information content (AvgIpc) is 3.24. The number of hydrogen-bond acceptors (Lipinski definition) is 5. The monoisotopic (exact) mass is 497 g/mol. The molecule has 2 N–H and O–H groups in total. The molecule has 3 aromatic carbocycles. The normalized spacial score (nSPS) is 26.5. The third-order valence-electron chi connectivity index (χ3n) is 7.08. The van der Waals surface area contributed by atoms with E-state index in [4.69, 9.17) is 25.8 Å². The molecular formula is C27H25ClFNO5. The third-order valence-corrected chi connectivity index (χ3v) is 7.33. The summed E-state index contributed by atoms with van der Waals surface area (Å²) in [7, 11) is 3.02. The van der Waals surface area contributed by atoms with Gasteiger partial charge in [0.05, 0.1) is 25.8 Å². The molecule has 8 heteroatoms. The number of benzene rings is 3. The molecule has 1 fully saturated rings. The summed E-state index contributed by atoms with van der Waals surface area (Å²) < 4.78 is 32.2. The lowest BCUT2D eigenvalue weighted by Gasteiger charge is -2.41.